The third-order valence-electron chi connectivity index (χ3n) is 6.70. The van der Waals surface area contributed by atoms with Gasteiger partial charge in [-0.25, -0.2) is 4.39 Å². The van der Waals surface area contributed by atoms with E-state index in [1.54, 1.807) is 24.4 Å². The average molecular weight is 431 g/mol. The molecule has 2 fully saturated rings. The van der Waals surface area contributed by atoms with Gasteiger partial charge in [0.1, 0.15) is 17.6 Å². The topological polar surface area (TPSA) is 101 Å². The maximum Gasteiger partial charge on any atom is 0.228 e. The number of fused-ring (bicyclic) bond motifs is 2. The number of halogens is 1. The summed E-state index contributed by atoms with van der Waals surface area (Å²) in [5.74, 6) is 1.78. The van der Waals surface area contributed by atoms with Crippen molar-refractivity contribution in [1.29, 1.82) is 5.26 Å². The Labute approximate surface area is 184 Å². The Morgan fingerprint density at radius 1 is 1.25 bits per heavy atom. The minimum Gasteiger partial charge on any atom is -0.490 e. The molecule has 3 aromatic rings. The standard InChI is InChI=1S/C24H22FN5O2/c1-2-16(24(31)28-22-6-4-14(12-26)29-30-22)23-17-10-15(11-18(17)23)32-21-7-8-27-20-5-3-13(25)9-19(20)21/h3-9,15-18,23H,2,10-11H2,1H3,(H,28,30,31)/t15?,16?,17-,18+,23?. The molecule has 2 heterocycles. The fourth-order valence-corrected chi connectivity index (χ4v) is 5.22. The first-order valence-electron chi connectivity index (χ1n) is 10.8. The molecule has 8 heteroatoms. The van der Waals surface area contributed by atoms with Crippen LogP contribution >= 0.6 is 0 Å². The first-order chi connectivity index (χ1) is 15.6. The summed E-state index contributed by atoms with van der Waals surface area (Å²) < 4.78 is 19.9. The third-order valence-corrected chi connectivity index (χ3v) is 6.70. The van der Waals surface area contributed by atoms with Crippen molar-refractivity contribution < 1.29 is 13.9 Å². The van der Waals surface area contributed by atoms with E-state index in [1.807, 2.05) is 13.0 Å². The summed E-state index contributed by atoms with van der Waals surface area (Å²) in [5, 5.41) is 20.0. The summed E-state index contributed by atoms with van der Waals surface area (Å²) in [6, 6.07) is 11.3. The molecule has 0 aliphatic heterocycles. The number of nitrogens with one attached hydrogen (secondary N) is 1. The maximum absolute atomic E-state index is 13.7. The zero-order chi connectivity index (χ0) is 22.2. The normalized spacial score (nSPS) is 24.4. The van der Waals surface area contributed by atoms with Gasteiger partial charge in [0.25, 0.3) is 0 Å². The van der Waals surface area contributed by atoms with Gasteiger partial charge < -0.3 is 10.1 Å². The van der Waals surface area contributed by atoms with Crippen molar-refractivity contribution in [3.63, 3.8) is 0 Å². The molecule has 0 spiro atoms. The number of benzene rings is 1. The van der Waals surface area contributed by atoms with Crippen LogP contribution in [0.15, 0.2) is 42.6 Å². The molecule has 32 heavy (non-hydrogen) atoms. The molecule has 2 aliphatic carbocycles. The molecule has 1 N–H and O–H groups in total. The van der Waals surface area contributed by atoms with Crippen molar-refractivity contribution in [3.05, 3.63) is 54.1 Å². The van der Waals surface area contributed by atoms with Crippen LogP contribution in [0, 0.1) is 40.8 Å². The largest absolute Gasteiger partial charge is 0.490 e. The number of anilines is 1. The number of rotatable bonds is 6. The summed E-state index contributed by atoms with van der Waals surface area (Å²) in [7, 11) is 0. The summed E-state index contributed by atoms with van der Waals surface area (Å²) in [5.41, 5.74) is 0.918. The van der Waals surface area contributed by atoms with E-state index in [-0.39, 0.29) is 29.4 Å². The van der Waals surface area contributed by atoms with E-state index in [0.717, 1.165) is 19.3 Å². The van der Waals surface area contributed by atoms with Crippen molar-refractivity contribution in [3.8, 4) is 11.8 Å². The average Bonchev–Trinajstić information content (AvgIpc) is 3.27. The van der Waals surface area contributed by atoms with Crippen molar-refractivity contribution >= 4 is 22.6 Å². The highest BCUT2D eigenvalue weighted by molar-refractivity contribution is 5.92. The van der Waals surface area contributed by atoms with Crippen molar-refractivity contribution in [2.24, 2.45) is 23.7 Å². The van der Waals surface area contributed by atoms with Gasteiger partial charge >= 0.3 is 0 Å². The minimum absolute atomic E-state index is 0.0556. The Kier molecular flexibility index (Phi) is 5.17. The Morgan fingerprint density at radius 2 is 2.06 bits per heavy atom. The Morgan fingerprint density at radius 3 is 2.75 bits per heavy atom. The zero-order valence-corrected chi connectivity index (χ0v) is 17.5. The van der Waals surface area contributed by atoms with E-state index in [4.69, 9.17) is 10.00 Å². The van der Waals surface area contributed by atoms with Crippen molar-refractivity contribution in [1.82, 2.24) is 15.2 Å². The van der Waals surface area contributed by atoms with Crippen molar-refractivity contribution in [2.45, 2.75) is 32.3 Å². The lowest BCUT2D eigenvalue weighted by Crippen LogP contribution is -2.27. The molecule has 0 saturated heterocycles. The second-order valence-corrected chi connectivity index (χ2v) is 8.51. The summed E-state index contributed by atoms with van der Waals surface area (Å²) in [4.78, 5) is 17.1. The molecule has 0 radical (unpaired) electrons. The van der Waals surface area contributed by atoms with Crippen LogP contribution in [0.25, 0.3) is 10.9 Å². The van der Waals surface area contributed by atoms with Gasteiger partial charge in [0.2, 0.25) is 5.91 Å². The molecule has 2 aromatic heterocycles. The Balaban J connectivity index is 1.21. The lowest BCUT2D eigenvalue weighted by molar-refractivity contribution is -0.121. The molecule has 0 bridgehead atoms. The molecule has 5 atom stereocenters. The number of ether oxygens (including phenoxy) is 1. The number of carbonyl (C=O) groups is 1. The van der Waals surface area contributed by atoms with Crippen LogP contribution in [0.3, 0.4) is 0 Å². The summed E-state index contributed by atoms with van der Waals surface area (Å²) >= 11 is 0. The predicted molar refractivity (Wildman–Crippen MR) is 115 cm³/mol. The summed E-state index contributed by atoms with van der Waals surface area (Å²) in [6.07, 6.45) is 4.24. The molecule has 1 aromatic carbocycles. The quantitative estimate of drug-likeness (QED) is 0.631. The van der Waals surface area contributed by atoms with Crippen LogP contribution in [-0.2, 0) is 4.79 Å². The SMILES string of the molecule is CCC(C(=O)Nc1ccc(C#N)nn1)C1[C@H]2CC(Oc3ccnc4ccc(F)cc34)C[C@@H]12. The van der Waals surface area contributed by atoms with E-state index in [0.29, 0.717) is 40.2 Å². The molecule has 162 valence electrons. The van der Waals surface area contributed by atoms with Gasteiger partial charge in [-0.05, 0) is 73.4 Å². The van der Waals surface area contributed by atoms with Gasteiger partial charge in [0.15, 0.2) is 11.5 Å². The molecular formula is C24H22FN5O2. The van der Waals surface area contributed by atoms with Gasteiger partial charge in [0, 0.05) is 17.5 Å². The van der Waals surface area contributed by atoms with E-state index in [1.165, 1.54) is 18.2 Å². The molecule has 2 saturated carbocycles. The molecule has 2 aliphatic rings. The van der Waals surface area contributed by atoms with Crippen LogP contribution < -0.4 is 10.1 Å². The number of pyridine rings is 1. The highest BCUT2D eigenvalue weighted by Gasteiger charge is 2.60. The highest BCUT2D eigenvalue weighted by atomic mass is 19.1. The van der Waals surface area contributed by atoms with Gasteiger partial charge in [-0.3, -0.25) is 9.78 Å². The van der Waals surface area contributed by atoms with Crippen LogP contribution in [0.2, 0.25) is 0 Å². The van der Waals surface area contributed by atoms with Gasteiger partial charge in [-0.1, -0.05) is 6.92 Å². The predicted octanol–water partition coefficient (Wildman–Crippen LogP) is 4.10. The van der Waals surface area contributed by atoms with Crippen LogP contribution in [-0.4, -0.2) is 27.2 Å². The van der Waals surface area contributed by atoms with E-state index in [2.05, 4.69) is 20.5 Å². The lowest BCUT2D eigenvalue weighted by Gasteiger charge is -2.21. The smallest absolute Gasteiger partial charge is 0.228 e. The number of hydrogen-bond donors (Lipinski definition) is 1. The third kappa shape index (κ3) is 3.75. The van der Waals surface area contributed by atoms with Crippen molar-refractivity contribution in [2.75, 3.05) is 5.32 Å². The molecule has 7 nitrogen and oxygen atoms in total. The fourth-order valence-electron chi connectivity index (χ4n) is 5.22. The second-order valence-electron chi connectivity index (χ2n) is 8.51. The Hall–Kier alpha value is -3.60. The lowest BCUT2D eigenvalue weighted by atomic mass is 9.93. The van der Waals surface area contributed by atoms with Crippen LogP contribution in [0.4, 0.5) is 10.2 Å². The number of nitrogens with zero attached hydrogens (tertiary/aromatic N) is 4. The van der Waals surface area contributed by atoms with Gasteiger partial charge in [0.05, 0.1) is 11.6 Å². The number of nitriles is 1. The minimum atomic E-state index is -0.312. The summed E-state index contributed by atoms with van der Waals surface area (Å²) in [6.45, 7) is 2.02. The number of carbonyl (C=O) groups excluding carboxylic acids is 1. The second kappa shape index (κ2) is 8.15. The van der Waals surface area contributed by atoms with E-state index >= 15 is 0 Å². The van der Waals surface area contributed by atoms with Gasteiger partial charge in [-0.2, -0.15) is 5.26 Å². The molecular weight excluding hydrogens is 409 g/mol. The fraction of sp³-hybridized carbons (Fsp3) is 0.375. The Bertz CT molecular complexity index is 1200. The van der Waals surface area contributed by atoms with Gasteiger partial charge in [-0.15, -0.1) is 10.2 Å². The monoisotopic (exact) mass is 431 g/mol. The van der Waals surface area contributed by atoms with E-state index < -0.39 is 0 Å². The first kappa shape index (κ1) is 20.3. The van der Waals surface area contributed by atoms with E-state index in [9.17, 15) is 9.18 Å². The number of amides is 1. The molecule has 3 unspecified atom stereocenters. The molecule has 1 amide bonds. The zero-order valence-electron chi connectivity index (χ0n) is 17.5. The number of aromatic nitrogens is 3. The first-order valence-corrected chi connectivity index (χ1v) is 10.8. The molecule has 5 rings (SSSR count). The van der Waals surface area contributed by atoms with Crippen LogP contribution in [0.1, 0.15) is 31.9 Å². The number of hydrogen-bond acceptors (Lipinski definition) is 6. The van der Waals surface area contributed by atoms with Crippen LogP contribution in [0.5, 0.6) is 5.75 Å². The maximum atomic E-state index is 13.7. The highest BCUT2D eigenvalue weighted by Crippen LogP contribution is 2.62.